The van der Waals surface area contributed by atoms with E-state index in [0.29, 0.717) is 5.92 Å². The summed E-state index contributed by atoms with van der Waals surface area (Å²) in [5.74, 6) is 0.695. The summed E-state index contributed by atoms with van der Waals surface area (Å²) in [6, 6.07) is 0. The fourth-order valence-corrected chi connectivity index (χ4v) is 5.05. The summed E-state index contributed by atoms with van der Waals surface area (Å²) in [5.41, 5.74) is 0. The van der Waals surface area contributed by atoms with Crippen LogP contribution in [0.5, 0.6) is 0 Å². The Morgan fingerprint density at radius 3 is 2.75 bits per heavy atom. The summed E-state index contributed by atoms with van der Waals surface area (Å²) in [7, 11) is -1.57. The minimum absolute atomic E-state index is 0.695. The van der Waals surface area contributed by atoms with Gasteiger partial charge in [-0.1, -0.05) is 18.7 Å². The topological polar surface area (TPSA) is 20.2 Å². The molecule has 0 spiro atoms. The molecular formula is C10H18OP+. The van der Waals surface area contributed by atoms with E-state index in [2.05, 4.69) is 13.2 Å². The highest BCUT2D eigenvalue weighted by Gasteiger charge is 2.42. The second-order valence-corrected chi connectivity index (χ2v) is 7.02. The molecule has 1 nitrogen and oxygen atoms in total. The van der Waals surface area contributed by atoms with Crippen molar-refractivity contribution in [2.75, 3.05) is 18.5 Å². The molecule has 1 fully saturated rings. The molecule has 2 atom stereocenters. The predicted molar refractivity (Wildman–Crippen MR) is 56.9 cm³/mol. The Hall–Kier alpha value is -0.130. The van der Waals surface area contributed by atoms with Gasteiger partial charge in [-0.05, 0) is 12.8 Å². The third kappa shape index (κ3) is 2.43. The van der Waals surface area contributed by atoms with Crippen molar-refractivity contribution in [3.63, 3.8) is 0 Å². The molecule has 0 aromatic heterocycles. The summed E-state index contributed by atoms with van der Waals surface area (Å²) < 4.78 is 0. The van der Waals surface area contributed by atoms with Crippen molar-refractivity contribution in [1.29, 1.82) is 0 Å². The van der Waals surface area contributed by atoms with Gasteiger partial charge >= 0.3 is 0 Å². The van der Waals surface area contributed by atoms with Crippen LogP contribution in [0, 0.1) is 5.92 Å². The van der Waals surface area contributed by atoms with Gasteiger partial charge in [-0.2, -0.15) is 0 Å². The minimum Gasteiger partial charge on any atom is -0.251 e. The summed E-state index contributed by atoms with van der Waals surface area (Å²) in [5, 5.41) is 0. The third-order valence-electron chi connectivity index (χ3n) is 2.52. The first-order valence-corrected chi connectivity index (χ1v) is 6.80. The molecule has 1 rings (SSSR count). The first-order valence-electron chi connectivity index (χ1n) is 4.51. The van der Waals surface area contributed by atoms with Gasteiger partial charge < -0.3 is 0 Å². The zero-order chi connectivity index (χ0) is 9.03. The summed E-state index contributed by atoms with van der Waals surface area (Å²) >= 11 is 0. The first kappa shape index (κ1) is 9.95. The van der Waals surface area contributed by atoms with E-state index in [1.807, 2.05) is 12.2 Å². The van der Waals surface area contributed by atoms with Gasteiger partial charge in [0.2, 0.25) is 0 Å². The second-order valence-electron chi connectivity index (χ2n) is 3.65. The molecule has 1 aliphatic heterocycles. The molecule has 1 heterocycles. The predicted octanol–water partition coefficient (Wildman–Crippen LogP) is 2.69. The van der Waals surface area contributed by atoms with Crippen molar-refractivity contribution in [2.24, 2.45) is 5.92 Å². The minimum atomic E-state index is -1.57. The molecule has 0 aliphatic carbocycles. The van der Waals surface area contributed by atoms with Crippen molar-refractivity contribution in [2.45, 2.75) is 12.8 Å². The smallest absolute Gasteiger partial charge is 0.146 e. The van der Waals surface area contributed by atoms with Crippen LogP contribution in [0.25, 0.3) is 0 Å². The van der Waals surface area contributed by atoms with Gasteiger partial charge in [0.1, 0.15) is 13.7 Å². The van der Waals surface area contributed by atoms with Crippen LogP contribution < -0.4 is 0 Å². The van der Waals surface area contributed by atoms with Crippen molar-refractivity contribution in [3.05, 3.63) is 25.3 Å². The van der Waals surface area contributed by atoms with E-state index in [1.54, 1.807) is 0 Å². The van der Waals surface area contributed by atoms with E-state index in [0.717, 1.165) is 24.9 Å². The van der Waals surface area contributed by atoms with Crippen molar-refractivity contribution >= 4 is 7.49 Å². The summed E-state index contributed by atoms with van der Waals surface area (Å²) in [6.07, 6.45) is 9.01. The Morgan fingerprint density at radius 2 is 2.17 bits per heavy atom. The van der Waals surface area contributed by atoms with Crippen molar-refractivity contribution in [1.82, 2.24) is 0 Å². The van der Waals surface area contributed by atoms with Crippen LogP contribution in [0.4, 0.5) is 0 Å². The average Bonchev–Trinajstić information content (AvgIpc) is 2.34. The lowest BCUT2D eigenvalue weighted by molar-refractivity contribution is 0.590. The van der Waals surface area contributed by atoms with Gasteiger partial charge in [0, 0.05) is 5.92 Å². The molecule has 2 heteroatoms. The van der Waals surface area contributed by atoms with Gasteiger partial charge in [0.15, 0.2) is 0 Å². The summed E-state index contributed by atoms with van der Waals surface area (Å²) in [6.45, 7) is 7.42. The van der Waals surface area contributed by atoms with Crippen LogP contribution in [0.3, 0.4) is 0 Å². The Bertz CT molecular complexity index is 179. The maximum absolute atomic E-state index is 10.1. The Kier molecular flexibility index (Phi) is 3.49. The SMILES string of the molecule is C=CCC1CC[P+](O)(CC=C)C1. The van der Waals surface area contributed by atoms with Gasteiger partial charge in [0.05, 0.1) is 12.3 Å². The van der Waals surface area contributed by atoms with Crippen molar-refractivity contribution in [3.8, 4) is 0 Å². The molecule has 1 aliphatic rings. The van der Waals surface area contributed by atoms with Crippen LogP contribution in [0.1, 0.15) is 12.8 Å². The first-order chi connectivity index (χ1) is 5.70. The van der Waals surface area contributed by atoms with Gasteiger partial charge in [-0.3, -0.25) is 4.89 Å². The van der Waals surface area contributed by atoms with E-state index in [9.17, 15) is 4.89 Å². The van der Waals surface area contributed by atoms with E-state index >= 15 is 0 Å². The second kappa shape index (κ2) is 4.20. The van der Waals surface area contributed by atoms with E-state index in [-0.39, 0.29) is 0 Å². The molecule has 1 saturated heterocycles. The maximum atomic E-state index is 10.1. The molecule has 0 saturated carbocycles. The largest absolute Gasteiger partial charge is 0.251 e. The van der Waals surface area contributed by atoms with E-state index in [4.69, 9.17) is 0 Å². The quantitative estimate of drug-likeness (QED) is 0.527. The van der Waals surface area contributed by atoms with E-state index in [1.165, 1.54) is 6.42 Å². The van der Waals surface area contributed by atoms with Crippen LogP contribution in [0.15, 0.2) is 25.3 Å². The standard InChI is InChI=1S/C10H18OP/c1-3-5-10-6-8-12(11,9-10)7-4-2/h3-4,10-11H,1-2,5-9H2/q+1. The van der Waals surface area contributed by atoms with Crippen LogP contribution in [0.2, 0.25) is 0 Å². The lowest BCUT2D eigenvalue weighted by Crippen LogP contribution is -2.00. The lowest BCUT2D eigenvalue weighted by Gasteiger charge is -2.11. The summed E-state index contributed by atoms with van der Waals surface area (Å²) in [4.78, 5) is 10.1. The molecule has 2 unspecified atom stereocenters. The molecule has 0 amide bonds. The number of hydrogen-bond donors (Lipinski definition) is 1. The Labute approximate surface area is 75.6 Å². The molecule has 68 valence electrons. The van der Waals surface area contributed by atoms with E-state index < -0.39 is 7.49 Å². The zero-order valence-electron chi connectivity index (χ0n) is 7.58. The molecular weight excluding hydrogens is 167 g/mol. The fourth-order valence-electron chi connectivity index (χ4n) is 1.92. The Morgan fingerprint density at radius 1 is 1.42 bits per heavy atom. The Balaban J connectivity index is 2.42. The lowest BCUT2D eigenvalue weighted by atomic mass is 10.1. The normalized spacial score (nSPS) is 34.9. The number of rotatable bonds is 4. The molecule has 0 aromatic rings. The average molecular weight is 185 g/mol. The molecule has 0 bridgehead atoms. The van der Waals surface area contributed by atoms with Crippen molar-refractivity contribution < 1.29 is 4.89 Å². The highest BCUT2D eigenvalue weighted by Crippen LogP contribution is 2.62. The van der Waals surface area contributed by atoms with Crippen LogP contribution in [-0.4, -0.2) is 23.4 Å². The van der Waals surface area contributed by atoms with Gasteiger partial charge in [-0.25, -0.2) is 0 Å². The maximum Gasteiger partial charge on any atom is 0.146 e. The fraction of sp³-hybridized carbons (Fsp3) is 0.600. The van der Waals surface area contributed by atoms with Gasteiger partial charge in [-0.15, -0.1) is 6.58 Å². The van der Waals surface area contributed by atoms with Crippen LogP contribution in [-0.2, 0) is 0 Å². The van der Waals surface area contributed by atoms with Gasteiger partial charge in [0.25, 0.3) is 0 Å². The molecule has 12 heavy (non-hydrogen) atoms. The third-order valence-corrected chi connectivity index (χ3v) is 5.75. The molecule has 0 aromatic carbocycles. The van der Waals surface area contributed by atoms with Crippen LogP contribution >= 0.6 is 7.49 Å². The highest BCUT2D eigenvalue weighted by atomic mass is 31.2. The molecule has 0 radical (unpaired) electrons. The number of allylic oxidation sites excluding steroid dienone is 2. The zero-order valence-corrected chi connectivity index (χ0v) is 8.47. The highest BCUT2D eigenvalue weighted by molar-refractivity contribution is 7.70. The monoisotopic (exact) mass is 185 g/mol. The number of hydrogen-bond acceptors (Lipinski definition) is 1. The molecule has 1 N–H and O–H groups in total.